The number of benzene rings is 1. The maximum absolute atomic E-state index is 12.0. The Morgan fingerprint density at radius 2 is 1.86 bits per heavy atom. The summed E-state index contributed by atoms with van der Waals surface area (Å²) in [6.45, 7) is 4.78. The minimum Gasteiger partial charge on any atom is -0.381 e. The van der Waals surface area contributed by atoms with E-state index in [0.717, 1.165) is 24.2 Å². The maximum atomic E-state index is 12.0. The lowest BCUT2D eigenvalue weighted by molar-refractivity contribution is -0.117. The first-order chi connectivity index (χ1) is 10.1. The van der Waals surface area contributed by atoms with E-state index < -0.39 is 0 Å². The summed E-state index contributed by atoms with van der Waals surface area (Å²) in [6.07, 6.45) is 2.16. The quantitative estimate of drug-likeness (QED) is 0.927. The molecule has 5 nitrogen and oxygen atoms in total. The summed E-state index contributed by atoms with van der Waals surface area (Å²) in [5.74, 6) is 0.0165. The Balaban J connectivity index is 2.13. The van der Waals surface area contributed by atoms with Crippen LogP contribution in [0.25, 0.3) is 0 Å². The van der Waals surface area contributed by atoms with Gasteiger partial charge in [-0.05, 0) is 37.1 Å². The van der Waals surface area contributed by atoms with Crippen molar-refractivity contribution in [1.82, 2.24) is 0 Å². The Kier molecular flexibility index (Phi) is 5.33. The van der Waals surface area contributed by atoms with Gasteiger partial charge < -0.3 is 15.0 Å². The van der Waals surface area contributed by atoms with Gasteiger partial charge in [-0.1, -0.05) is 6.92 Å². The van der Waals surface area contributed by atoms with Gasteiger partial charge in [-0.2, -0.15) is 0 Å². The Hall–Kier alpha value is -1.88. The summed E-state index contributed by atoms with van der Waals surface area (Å²) in [5.41, 5.74) is 1.62. The molecule has 1 aliphatic rings. The largest absolute Gasteiger partial charge is 0.381 e. The molecular formula is C16H22N2O3. The summed E-state index contributed by atoms with van der Waals surface area (Å²) in [7, 11) is 0. The molecule has 0 aromatic heterocycles. The fraction of sp³-hybridized carbons (Fsp3) is 0.500. The van der Waals surface area contributed by atoms with E-state index in [4.69, 9.17) is 4.74 Å². The lowest BCUT2D eigenvalue weighted by Gasteiger charge is -2.33. The third-order valence-electron chi connectivity index (χ3n) is 3.65. The van der Waals surface area contributed by atoms with E-state index in [1.807, 2.05) is 36.1 Å². The van der Waals surface area contributed by atoms with Crippen molar-refractivity contribution < 1.29 is 14.3 Å². The highest BCUT2D eigenvalue weighted by atomic mass is 16.5. The Bertz CT molecular complexity index is 493. The lowest BCUT2D eigenvalue weighted by atomic mass is 10.1. The van der Waals surface area contributed by atoms with Crippen LogP contribution in [0.5, 0.6) is 0 Å². The lowest BCUT2D eigenvalue weighted by Crippen LogP contribution is -2.42. The van der Waals surface area contributed by atoms with E-state index in [-0.39, 0.29) is 17.9 Å². The molecule has 0 spiro atoms. The van der Waals surface area contributed by atoms with Crippen LogP contribution in [0, 0.1) is 0 Å². The van der Waals surface area contributed by atoms with Crippen molar-refractivity contribution >= 4 is 23.2 Å². The van der Waals surface area contributed by atoms with E-state index in [0.29, 0.717) is 19.6 Å². The van der Waals surface area contributed by atoms with Crippen LogP contribution in [0.15, 0.2) is 24.3 Å². The summed E-state index contributed by atoms with van der Waals surface area (Å²) in [5, 5.41) is 2.80. The summed E-state index contributed by atoms with van der Waals surface area (Å²) >= 11 is 0. The molecule has 2 rings (SSSR count). The van der Waals surface area contributed by atoms with Crippen LogP contribution in [0.4, 0.5) is 11.4 Å². The second-order valence-electron chi connectivity index (χ2n) is 5.18. The number of hydrogen-bond acceptors (Lipinski definition) is 3. The topological polar surface area (TPSA) is 58.6 Å². The molecule has 1 aromatic rings. The van der Waals surface area contributed by atoms with Gasteiger partial charge in [-0.3, -0.25) is 9.59 Å². The summed E-state index contributed by atoms with van der Waals surface area (Å²) < 4.78 is 5.36. The van der Waals surface area contributed by atoms with Crippen molar-refractivity contribution in [3.05, 3.63) is 24.3 Å². The van der Waals surface area contributed by atoms with Crippen molar-refractivity contribution in [2.75, 3.05) is 23.4 Å². The second-order valence-corrected chi connectivity index (χ2v) is 5.18. The van der Waals surface area contributed by atoms with Gasteiger partial charge in [0.15, 0.2) is 0 Å². The summed E-state index contributed by atoms with van der Waals surface area (Å²) in [6, 6.07) is 7.60. The predicted octanol–water partition coefficient (Wildman–Crippen LogP) is 2.57. The third-order valence-corrected chi connectivity index (χ3v) is 3.65. The first-order valence-corrected chi connectivity index (χ1v) is 7.39. The molecular weight excluding hydrogens is 268 g/mol. The number of nitrogens with zero attached hydrogens (tertiary/aromatic N) is 1. The molecule has 5 heteroatoms. The predicted molar refractivity (Wildman–Crippen MR) is 82.4 cm³/mol. The van der Waals surface area contributed by atoms with Crippen molar-refractivity contribution in [2.24, 2.45) is 0 Å². The van der Waals surface area contributed by atoms with E-state index in [9.17, 15) is 9.59 Å². The number of nitrogens with one attached hydrogen (secondary N) is 1. The molecule has 1 fully saturated rings. The van der Waals surface area contributed by atoms with E-state index in [1.54, 1.807) is 6.92 Å². The van der Waals surface area contributed by atoms with Gasteiger partial charge in [0.2, 0.25) is 11.8 Å². The first-order valence-electron chi connectivity index (χ1n) is 7.39. The van der Waals surface area contributed by atoms with Crippen LogP contribution in [0.3, 0.4) is 0 Å². The Morgan fingerprint density at radius 3 is 2.38 bits per heavy atom. The SMILES string of the molecule is CCC(=O)Nc1ccc(N(C(C)=O)C2CCOCC2)cc1. The number of hydrogen-bond donors (Lipinski definition) is 1. The Labute approximate surface area is 125 Å². The van der Waals surface area contributed by atoms with Crippen LogP contribution in [0.2, 0.25) is 0 Å². The highest BCUT2D eigenvalue weighted by Crippen LogP contribution is 2.24. The highest BCUT2D eigenvalue weighted by Gasteiger charge is 2.24. The van der Waals surface area contributed by atoms with Crippen molar-refractivity contribution in [3.8, 4) is 0 Å². The number of amides is 2. The fourth-order valence-corrected chi connectivity index (χ4v) is 2.55. The number of anilines is 2. The average molecular weight is 290 g/mol. The molecule has 0 bridgehead atoms. The molecule has 1 saturated heterocycles. The van der Waals surface area contributed by atoms with Crippen molar-refractivity contribution in [3.63, 3.8) is 0 Å². The molecule has 0 atom stereocenters. The maximum Gasteiger partial charge on any atom is 0.224 e. The molecule has 2 amide bonds. The number of rotatable bonds is 4. The van der Waals surface area contributed by atoms with Gasteiger partial charge in [-0.15, -0.1) is 0 Å². The van der Waals surface area contributed by atoms with E-state index in [1.165, 1.54) is 0 Å². The van der Waals surface area contributed by atoms with Crippen LogP contribution in [0.1, 0.15) is 33.1 Å². The number of ether oxygens (including phenoxy) is 1. The van der Waals surface area contributed by atoms with E-state index in [2.05, 4.69) is 5.32 Å². The van der Waals surface area contributed by atoms with E-state index >= 15 is 0 Å². The van der Waals surface area contributed by atoms with Gasteiger partial charge in [0.05, 0.1) is 0 Å². The summed E-state index contributed by atoms with van der Waals surface area (Å²) in [4.78, 5) is 25.2. The number of carbonyl (C=O) groups is 2. The smallest absolute Gasteiger partial charge is 0.224 e. The number of carbonyl (C=O) groups excluding carboxylic acids is 2. The minimum atomic E-state index is -0.0180. The Morgan fingerprint density at radius 1 is 1.24 bits per heavy atom. The van der Waals surface area contributed by atoms with Crippen LogP contribution < -0.4 is 10.2 Å². The molecule has 1 aliphatic heterocycles. The standard InChI is InChI=1S/C16H22N2O3/c1-3-16(20)17-13-4-6-14(7-5-13)18(12(2)19)15-8-10-21-11-9-15/h4-7,15H,3,8-11H2,1-2H3,(H,17,20). The average Bonchev–Trinajstić information content (AvgIpc) is 2.50. The monoisotopic (exact) mass is 290 g/mol. The fourth-order valence-electron chi connectivity index (χ4n) is 2.55. The molecule has 1 N–H and O–H groups in total. The van der Waals surface area contributed by atoms with Gasteiger partial charge >= 0.3 is 0 Å². The first kappa shape index (κ1) is 15.5. The highest BCUT2D eigenvalue weighted by molar-refractivity contribution is 5.93. The van der Waals surface area contributed by atoms with Gasteiger partial charge in [0.1, 0.15) is 0 Å². The molecule has 0 saturated carbocycles. The molecule has 1 aromatic carbocycles. The van der Waals surface area contributed by atoms with Gasteiger partial charge in [0.25, 0.3) is 0 Å². The zero-order valence-corrected chi connectivity index (χ0v) is 12.6. The molecule has 21 heavy (non-hydrogen) atoms. The zero-order chi connectivity index (χ0) is 15.2. The molecule has 0 aliphatic carbocycles. The third kappa shape index (κ3) is 4.04. The van der Waals surface area contributed by atoms with Crippen LogP contribution in [-0.4, -0.2) is 31.1 Å². The zero-order valence-electron chi connectivity index (χ0n) is 12.6. The molecule has 114 valence electrons. The van der Waals surface area contributed by atoms with Crippen LogP contribution >= 0.6 is 0 Å². The minimum absolute atomic E-state index is 0.0180. The van der Waals surface area contributed by atoms with Crippen molar-refractivity contribution in [2.45, 2.75) is 39.2 Å². The molecule has 0 radical (unpaired) electrons. The van der Waals surface area contributed by atoms with Gasteiger partial charge in [-0.25, -0.2) is 0 Å². The van der Waals surface area contributed by atoms with Crippen LogP contribution in [-0.2, 0) is 14.3 Å². The van der Waals surface area contributed by atoms with Crippen molar-refractivity contribution in [1.29, 1.82) is 0 Å². The normalized spacial score (nSPS) is 15.5. The second kappa shape index (κ2) is 7.22. The van der Waals surface area contributed by atoms with Gasteiger partial charge in [0, 0.05) is 44.0 Å². The molecule has 1 heterocycles. The molecule has 0 unspecified atom stereocenters.